The molecule has 0 spiro atoms. The number of rotatable bonds is 3. The van der Waals surface area contributed by atoms with Gasteiger partial charge in [0.05, 0.1) is 28.5 Å². The minimum atomic E-state index is -0.225. The number of hydrogen-bond acceptors (Lipinski definition) is 3. The van der Waals surface area contributed by atoms with Gasteiger partial charge in [-0.25, -0.2) is 0 Å². The third-order valence-corrected chi connectivity index (χ3v) is 3.90. The molecule has 1 aromatic carbocycles. The molecule has 0 bridgehead atoms. The van der Waals surface area contributed by atoms with E-state index in [1.165, 1.54) is 6.42 Å². The Morgan fingerprint density at radius 2 is 2.00 bits per heavy atom. The lowest BCUT2D eigenvalue weighted by atomic mass is 9.82. The molecule has 0 radical (unpaired) electrons. The first-order valence-corrected chi connectivity index (χ1v) is 6.48. The van der Waals surface area contributed by atoms with Crippen molar-refractivity contribution in [3.63, 3.8) is 0 Å². The minimum Gasteiger partial charge on any atom is -0.396 e. The zero-order valence-corrected chi connectivity index (χ0v) is 10.6. The largest absolute Gasteiger partial charge is 0.396 e. The van der Waals surface area contributed by atoms with Crippen LogP contribution in [0.5, 0.6) is 0 Å². The van der Waals surface area contributed by atoms with Gasteiger partial charge in [-0.1, -0.05) is 36.9 Å². The highest BCUT2D eigenvalue weighted by molar-refractivity contribution is 6.33. The number of halogens is 1. The SMILES string of the molecule is Nc1c(Cl)cccc1NC1(CO)CCCCC1. The maximum atomic E-state index is 9.63. The highest BCUT2D eigenvalue weighted by Gasteiger charge is 2.31. The summed E-state index contributed by atoms with van der Waals surface area (Å²) >= 11 is 5.99. The molecule has 1 fully saturated rings. The van der Waals surface area contributed by atoms with Gasteiger partial charge in [-0.05, 0) is 25.0 Å². The van der Waals surface area contributed by atoms with E-state index in [1.54, 1.807) is 6.07 Å². The second kappa shape index (κ2) is 5.15. The van der Waals surface area contributed by atoms with E-state index in [9.17, 15) is 5.11 Å². The number of anilines is 2. The van der Waals surface area contributed by atoms with Crippen molar-refractivity contribution < 1.29 is 5.11 Å². The minimum absolute atomic E-state index is 0.138. The Morgan fingerprint density at radius 1 is 1.29 bits per heavy atom. The molecule has 3 nitrogen and oxygen atoms in total. The average Bonchev–Trinajstić information content (AvgIpc) is 2.36. The molecule has 1 aliphatic rings. The summed E-state index contributed by atoms with van der Waals surface area (Å²) in [6, 6.07) is 5.55. The summed E-state index contributed by atoms with van der Waals surface area (Å²) in [5.74, 6) is 0. The Kier molecular flexibility index (Phi) is 3.79. The zero-order chi connectivity index (χ0) is 12.3. The van der Waals surface area contributed by atoms with Gasteiger partial charge < -0.3 is 16.2 Å². The van der Waals surface area contributed by atoms with Crippen molar-refractivity contribution in [2.45, 2.75) is 37.6 Å². The molecule has 1 aliphatic carbocycles. The summed E-state index contributed by atoms with van der Waals surface area (Å²) in [5.41, 5.74) is 7.10. The molecular formula is C13H19ClN2O. The number of nitrogen functional groups attached to an aromatic ring is 1. The lowest BCUT2D eigenvalue weighted by Crippen LogP contribution is -2.44. The van der Waals surface area contributed by atoms with Gasteiger partial charge in [0.1, 0.15) is 0 Å². The third kappa shape index (κ3) is 2.67. The molecule has 0 atom stereocenters. The number of aliphatic hydroxyl groups excluding tert-OH is 1. The van der Waals surface area contributed by atoms with Crippen LogP contribution in [0.2, 0.25) is 5.02 Å². The fourth-order valence-electron chi connectivity index (χ4n) is 2.48. The van der Waals surface area contributed by atoms with Crippen LogP contribution in [0, 0.1) is 0 Å². The highest BCUT2D eigenvalue weighted by Crippen LogP contribution is 2.35. The summed E-state index contributed by atoms with van der Waals surface area (Å²) in [5, 5.41) is 13.6. The second-order valence-electron chi connectivity index (χ2n) is 4.83. The first-order valence-electron chi connectivity index (χ1n) is 6.10. The summed E-state index contributed by atoms with van der Waals surface area (Å²) in [6.45, 7) is 0.138. The summed E-state index contributed by atoms with van der Waals surface area (Å²) < 4.78 is 0. The fraction of sp³-hybridized carbons (Fsp3) is 0.538. The van der Waals surface area contributed by atoms with E-state index >= 15 is 0 Å². The van der Waals surface area contributed by atoms with Crippen LogP contribution in [0.15, 0.2) is 18.2 Å². The quantitative estimate of drug-likeness (QED) is 0.727. The Balaban J connectivity index is 2.20. The van der Waals surface area contributed by atoms with Gasteiger partial charge in [0.15, 0.2) is 0 Å². The standard InChI is InChI=1S/C13H19ClN2O/c14-10-5-4-6-11(12(10)15)16-13(9-17)7-2-1-3-8-13/h4-6,16-17H,1-3,7-9,15H2. The number of benzene rings is 1. The average molecular weight is 255 g/mol. The monoisotopic (exact) mass is 254 g/mol. The van der Waals surface area contributed by atoms with Crippen molar-refractivity contribution in [2.24, 2.45) is 0 Å². The van der Waals surface area contributed by atoms with Crippen molar-refractivity contribution in [3.8, 4) is 0 Å². The van der Waals surface area contributed by atoms with Gasteiger partial charge in [-0.3, -0.25) is 0 Å². The predicted octanol–water partition coefficient (Wildman–Crippen LogP) is 3.03. The Hall–Kier alpha value is -0.930. The van der Waals surface area contributed by atoms with Gasteiger partial charge in [0, 0.05) is 0 Å². The Bertz CT molecular complexity index is 389. The molecule has 4 heteroatoms. The number of nitrogens with two attached hydrogens (primary N) is 1. The van der Waals surface area contributed by atoms with Gasteiger partial charge in [-0.2, -0.15) is 0 Å². The van der Waals surface area contributed by atoms with Crippen LogP contribution in [-0.4, -0.2) is 17.3 Å². The fourth-order valence-corrected chi connectivity index (χ4v) is 2.66. The van der Waals surface area contributed by atoms with E-state index in [2.05, 4.69) is 5.32 Å². The summed E-state index contributed by atoms with van der Waals surface area (Å²) in [4.78, 5) is 0. The topological polar surface area (TPSA) is 58.3 Å². The molecule has 0 amide bonds. The second-order valence-corrected chi connectivity index (χ2v) is 5.23. The lowest BCUT2D eigenvalue weighted by Gasteiger charge is -2.37. The molecule has 94 valence electrons. The number of aliphatic hydroxyl groups is 1. The number of para-hydroxylation sites is 1. The van der Waals surface area contributed by atoms with Crippen LogP contribution < -0.4 is 11.1 Å². The van der Waals surface area contributed by atoms with E-state index < -0.39 is 0 Å². The Morgan fingerprint density at radius 3 is 2.65 bits per heavy atom. The number of hydrogen-bond donors (Lipinski definition) is 3. The van der Waals surface area contributed by atoms with Crippen LogP contribution in [-0.2, 0) is 0 Å². The van der Waals surface area contributed by atoms with Crippen LogP contribution in [0.25, 0.3) is 0 Å². The van der Waals surface area contributed by atoms with E-state index in [1.807, 2.05) is 12.1 Å². The van der Waals surface area contributed by atoms with E-state index in [0.29, 0.717) is 10.7 Å². The van der Waals surface area contributed by atoms with Crippen molar-refractivity contribution in [3.05, 3.63) is 23.2 Å². The van der Waals surface area contributed by atoms with Crippen molar-refractivity contribution in [1.29, 1.82) is 0 Å². The molecule has 4 N–H and O–H groups in total. The maximum absolute atomic E-state index is 9.63. The van der Waals surface area contributed by atoms with E-state index in [4.69, 9.17) is 17.3 Å². The van der Waals surface area contributed by atoms with Gasteiger partial charge in [0.2, 0.25) is 0 Å². The molecule has 0 aromatic heterocycles. The molecule has 2 rings (SSSR count). The summed E-state index contributed by atoms with van der Waals surface area (Å²) in [6.07, 6.45) is 5.50. The smallest absolute Gasteiger partial charge is 0.0739 e. The first-order chi connectivity index (χ1) is 8.17. The van der Waals surface area contributed by atoms with Crippen molar-refractivity contribution in [2.75, 3.05) is 17.7 Å². The molecule has 0 heterocycles. The molecule has 1 saturated carbocycles. The summed E-state index contributed by atoms with van der Waals surface area (Å²) in [7, 11) is 0. The van der Waals surface area contributed by atoms with Crippen LogP contribution >= 0.6 is 11.6 Å². The zero-order valence-electron chi connectivity index (χ0n) is 9.88. The maximum Gasteiger partial charge on any atom is 0.0739 e. The normalized spacial score (nSPS) is 18.9. The third-order valence-electron chi connectivity index (χ3n) is 3.57. The van der Waals surface area contributed by atoms with E-state index in [0.717, 1.165) is 31.4 Å². The van der Waals surface area contributed by atoms with Gasteiger partial charge in [0.25, 0.3) is 0 Å². The van der Waals surface area contributed by atoms with Crippen LogP contribution in [0.1, 0.15) is 32.1 Å². The molecular weight excluding hydrogens is 236 g/mol. The van der Waals surface area contributed by atoms with Gasteiger partial charge in [-0.15, -0.1) is 0 Å². The predicted molar refractivity (Wildman–Crippen MR) is 72.4 cm³/mol. The lowest BCUT2D eigenvalue weighted by molar-refractivity contribution is 0.173. The van der Waals surface area contributed by atoms with Crippen molar-refractivity contribution in [1.82, 2.24) is 0 Å². The van der Waals surface area contributed by atoms with Crippen LogP contribution in [0.4, 0.5) is 11.4 Å². The van der Waals surface area contributed by atoms with E-state index in [-0.39, 0.29) is 12.1 Å². The Labute approximate surface area is 107 Å². The first kappa shape index (κ1) is 12.5. The molecule has 17 heavy (non-hydrogen) atoms. The molecule has 0 aliphatic heterocycles. The molecule has 0 saturated heterocycles. The van der Waals surface area contributed by atoms with Crippen molar-refractivity contribution >= 4 is 23.0 Å². The van der Waals surface area contributed by atoms with Crippen LogP contribution in [0.3, 0.4) is 0 Å². The number of nitrogens with one attached hydrogen (secondary N) is 1. The molecule has 1 aromatic rings. The highest BCUT2D eigenvalue weighted by atomic mass is 35.5. The molecule has 0 unspecified atom stereocenters. The van der Waals surface area contributed by atoms with Gasteiger partial charge >= 0.3 is 0 Å².